The molecular weight excluding hydrogens is 418 g/mol. The van der Waals surface area contributed by atoms with E-state index in [4.69, 9.17) is 4.74 Å². The minimum atomic E-state index is -0.303. The lowest BCUT2D eigenvalue weighted by Crippen LogP contribution is -2.40. The van der Waals surface area contributed by atoms with Crippen LogP contribution >= 0.6 is 0 Å². The van der Waals surface area contributed by atoms with Crippen molar-refractivity contribution >= 4 is 17.7 Å². The molecule has 2 aromatic rings. The van der Waals surface area contributed by atoms with Crippen molar-refractivity contribution in [3.05, 3.63) is 66.2 Å². The van der Waals surface area contributed by atoms with E-state index in [2.05, 4.69) is 0 Å². The third-order valence-corrected chi connectivity index (χ3v) is 6.27. The normalized spacial score (nSPS) is 18.8. The fourth-order valence-corrected chi connectivity index (χ4v) is 4.47. The number of amides is 3. The molecule has 2 fully saturated rings. The van der Waals surface area contributed by atoms with E-state index in [1.54, 1.807) is 4.90 Å². The summed E-state index contributed by atoms with van der Waals surface area (Å²) >= 11 is 0. The summed E-state index contributed by atoms with van der Waals surface area (Å²) in [5, 5.41) is 0. The van der Waals surface area contributed by atoms with Gasteiger partial charge in [-0.25, -0.2) is 0 Å². The zero-order valence-electron chi connectivity index (χ0n) is 18.9. The van der Waals surface area contributed by atoms with Gasteiger partial charge in [-0.15, -0.1) is 0 Å². The average molecular weight is 450 g/mol. The van der Waals surface area contributed by atoms with Crippen LogP contribution in [0.5, 0.6) is 5.75 Å². The number of carbonyl (C=O) groups excluding carboxylic acids is 3. The monoisotopic (exact) mass is 449 g/mol. The van der Waals surface area contributed by atoms with Crippen LogP contribution in [0.25, 0.3) is 0 Å². The van der Waals surface area contributed by atoms with Crippen molar-refractivity contribution in [2.24, 2.45) is 5.92 Å². The molecule has 0 N–H and O–H groups in total. The Kier molecular flexibility index (Phi) is 7.60. The van der Waals surface area contributed by atoms with Crippen LogP contribution in [0.15, 0.2) is 60.7 Å². The second-order valence-corrected chi connectivity index (χ2v) is 8.63. The Labute approximate surface area is 194 Å². The Morgan fingerprint density at radius 3 is 2.30 bits per heavy atom. The van der Waals surface area contributed by atoms with Gasteiger partial charge in [0.2, 0.25) is 17.7 Å². The second kappa shape index (κ2) is 11.0. The SMILES string of the molecule is O=C(CCOc1ccccc1)N1CCCN(C(=O)C2CC(=O)N(Cc3ccccc3)C2)CC1. The first-order chi connectivity index (χ1) is 16.1. The first-order valence-electron chi connectivity index (χ1n) is 11.7. The molecule has 4 rings (SSSR count). The standard InChI is InChI=1S/C26H31N3O4/c30-24(12-17-33-23-10-5-2-6-11-23)27-13-7-14-28(16-15-27)26(32)22-18-25(31)29(20-22)19-21-8-3-1-4-9-21/h1-6,8-11,22H,7,12-20H2. The van der Waals surface area contributed by atoms with E-state index in [0.717, 1.165) is 17.7 Å². The summed E-state index contributed by atoms with van der Waals surface area (Å²) in [5.74, 6) is 0.557. The number of likely N-dealkylation sites (tertiary alicyclic amines) is 1. The van der Waals surface area contributed by atoms with E-state index in [1.165, 1.54) is 0 Å². The first kappa shape index (κ1) is 22.8. The maximum Gasteiger partial charge on any atom is 0.228 e. The van der Waals surface area contributed by atoms with Gasteiger partial charge in [-0.2, -0.15) is 0 Å². The maximum absolute atomic E-state index is 13.1. The van der Waals surface area contributed by atoms with E-state index in [0.29, 0.717) is 52.3 Å². The molecule has 7 nitrogen and oxygen atoms in total. The van der Waals surface area contributed by atoms with E-state index in [1.807, 2.05) is 70.5 Å². The van der Waals surface area contributed by atoms with Gasteiger partial charge in [0.15, 0.2) is 0 Å². The van der Waals surface area contributed by atoms with Crippen LogP contribution in [-0.2, 0) is 20.9 Å². The molecular formula is C26H31N3O4. The largest absolute Gasteiger partial charge is 0.493 e. The first-order valence-corrected chi connectivity index (χ1v) is 11.7. The molecule has 7 heteroatoms. The van der Waals surface area contributed by atoms with Crippen LogP contribution in [0.3, 0.4) is 0 Å². The summed E-state index contributed by atoms with van der Waals surface area (Å²) in [4.78, 5) is 43.7. The Bertz CT molecular complexity index is 951. The van der Waals surface area contributed by atoms with Gasteiger partial charge >= 0.3 is 0 Å². The van der Waals surface area contributed by atoms with Crippen LogP contribution in [0.1, 0.15) is 24.8 Å². The summed E-state index contributed by atoms with van der Waals surface area (Å²) in [6.07, 6.45) is 1.32. The van der Waals surface area contributed by atoms with E-state index < -0.39 is 0 Å². The van der Waals surface area contributed by atoms with Crippen LogP contribution in [0, 0.1) is 5.92 Å². The average Bonchev–Trinajstić information content (AvgIpc) is 3.04. The maximum atomic E-state index is 13.1. The number of carbonyl (C=O) groups is 3. The van der Waals surface area contributed by atoms with Crippen LogP contribution < -0.4 is 4.74 Å². The molecule has 0 aliphatic carbocycles. The van der Waals surface area contributed by atoms with E-state index in [9.17, 15) is 14.4 Å². The summed E-state index contributed by atoms with van der Waals surface area (Å²) < 4.78 is 5.64. The van der Waals surface area contributed by atoms with Crippen molar-refractivity contribution in [3.63, 3.8) is 0 Å². The molecule has 1 atom stereocenters. The number of ether oxygens (including phenoxy) is 1. The van der Waals surface area contributed by atoms with Gasteiger partial charge in [-0.3, -0.25) is 14.4 Å². The molecule has 2 aromatic carbocycles. The lowest BCUT2D eigenvalue weighted by atomic mass is 10.1. The Balaban J connectivity index is 1.23. The molecule has 0 radical (unpaired) electrons. The zero-order chi connectivity index (χ0) is 23.0. The Hall–Kier alpha value is -3.35. The number of hydrogen-bond acceptors (Lipinski definition) is 4. The van der Waals surface area contributed by atoms with Gasteiger partial charge in [0, 0.05) is 45.7 Å². The van der Waals surface area contributed by atoms with Gasteiger partial charge in [0.05, 0.1) is 18.9 Å². The predicted octanol–water partition coefficient (Wildman–Crippen LogP) is 2.57. The van der Waals surface area contributed by atoms with Crippen molar-refractivity contribution < 1.29 is 19.1 Å². The molecule has 0 spiro atoms. The number of nitrogens with zero attached hydrogens (tertiary/aromatic N) is 3. The smallest absolute Gasteiger partial charge is 0.228 e. The predicted molar refractivity (Wildman–Crippen MR) is 124 cm³/mol. The molecule has 0 aromatic heterocycles. The third kappa shape index (κ3) is 6.12. The van der Waals surface area contributed by atoms with Crippen LogP contribution in [-0.4, -0.2) is 71.8 Å². The number of hydrogen-bond donors (Lipinski definition) is 0. The Morgan fingerprint density at radius 2 is 1.55 bits per heavy atom. The fraction of sp³-hybridized carbons (Fsp3) is 0.423. The lowest BCUT2D eigenvalue weighted by molar-refractivity contribution is -0.136. The van der Waals surface area contributed by atoms with Crippen molar-refractivity contribution in [2.75, 3.05) is 39.3 Å². The van der Waals surface area contributed by atoms with Crippen molar-refractivity contribution in [1.82, 2.24) is 14.7 Å². The zero-order valence-corrected chi connectivity index (χ0v) is 18.9. The second-order valence-electron chi connectivity index (χ2n) is 8.63. The highest BCUT2D eigenvalue weighted by Crippen LogP contribution is 2.23. The molecule has 0 bridgehead atoms. The quantitative estimate of drug-likeness (QED) is 0.652. The van der Waals surface area contributed by atoms with Gasteiger partial charge in [-0.05, 0) is 24.1 Å². The van der Waals surface area contributed by atoms with E-state index in [-0.39, 0.29) is 30.1 Å². The van der Waals surface area contributed by atoms with Crippen LogP contribution in [0.4, 0.5) is 0 Å². The minimum Gasteiger partial charge on any atom is -0.493 e. The molecule has 2 saturated heterocycles. The topological polar surface area (TPSA) is 70.2 Å². The highest BCUT2D eigenvalue weighted by molar-refractivity contribution is 5.89. The Morgan fingerprint density at radius 1 is 0.879 bits per heavy atom. The molecule has 174 valence electrons. The van der Waals surface area contributed by atoms with Gasteiger partial charge < -0.3 is 19.4 Å². The van der Waals surface area contributed by atoms with Crippen LogP contribution in [0.2, 0.25) is 0 Å². The highest BCUT2D eigenvalue weighted by Gasteiger charge is 2.37. The molecule has 2 heterocycles. The van der Waals surface area contributed by atoms with E-state index >= 15 is 0 Å². The number of rotatable bonds is 7. The number of benzene rings is 2. The molecule has 3 amide bonds. The third-order valence-electron chi connectivity index (χ3n) is 6.27. The molecule has 2 aliphatic rings. The highest BCUT2D eigenvalue weighted by atomic mass is 16.5. The summed E-state index contributed by atoms with van der Waals surface area (Å²) in [6.45, 7) is 3.62. The van der Waals surface area contributed by atoms with Gasteiger partial charge in [0.1, 0.15) is 5.75 Å². The summed E-state index contributed by atoms with van der Waals surface area (Å²) in [6, 6.07) is 19.3. The molecule has 1 unspecified atom stereocenters. The van der Waals surface area contributed by atoms with Crippen molar-refractivity contribution in [2.45, 2.75) is 25.8 Å². The van der Waals surface area contributed by atoms with Gasteiger partial charge in [-0.1, -0.05) is 48.5 Å². The summed E-state index contributed by atoms with van der Waals surface area (Å²) in [5.41, 5.74) is 1.07. The van der Waals surface area contributed by atoms with Crippen molar-refractivity contribution in [3.8, 4) is 5.75 Å². The summed E-state index contributed by atoms with van der Waals surface area (Å²) in [7, 11) is 0. The molecule has 33 heavy (non-hydrogen) atoms. The molecule has 0 saturated carbocycles. The lowest BCUT2D eigenvalue weighted by Gasteiger charge is -2.24. The number of para-hydroxylation sites is 1. The molecule has 2 aliphatic heterocycles. The fourth-order valence-electron chi connectivity index (χ4n) is 4.47. The van der Waals surface area contributed by atoms with Gasteiger partial charge in [0.25, 0.3) is 0 Å². The van der Waals surface area contributed by atoms with Crippen molar-refractivity contribution in [1.29, 1.82) is 0 Å². The minimum absolute atomic E-state index is 0.0284.